The van der Waals surface area contributed by atoms with Gasteiger partial charge in [0.25, 0.3) is 0 Å². The predicted octanol–water partition coefficient (Wildman–Crippen LogP) is 1.31. The molecule has 0 unspecified atom stereocenters. The van der Waals surface area contributed by atoms with Gasteiger partial charge in [-0.25, -0.2) is 0 Å². The molecule has 0 atom stereocenters. The maximum atomic E-state index is 11.5. The summed E-state index contributed by atoms with van der Waals surface area (Å²) in [5.41, 5.74) is -0.640. The van der Waals surface area contributed by atoms with E-state index >= 15 is 0 Å². The first-order valence-corrected chi connectivity index (χ1v) is 6.80. The highest BCUT2D eigenvalue weighted by atomic mass is 32.2. The van der Waals surface area contributed by atoms with Crippen LogP contribution in [0.1, 0.15) is 19.3 Å². The van der Waals surface area contributed by atoms with E-state index in [2.05, 4.69) is 0 Å². The van der Waals surface area contributed by atoms with Crippen LogP contribution in [0.5, 0.6) is 0 Å². The van der Waals surface area contributed by atoms with Crippen LogP contribution in [0.2, 0.25) is 0 Å². The lowest BCUT2D eigenvalue weighted by molar-refractivity contribution is -0.151. The summed E-state index contributed by atoms with van der Waals surface area (Å²) in [5, 5.41) is 9.43. The van der Waals surface area contributed by atoms with Crippen LogP contribution in [-0.2, 0) is 9.53 Å². The first-order valence-electron chi connectivity index (χ1n) is 5.65. The number of hydrogen-bond acceptors (Lipinski definition) is 4. The fraction of sp³-hybridized carbons (Fsp3) is 0.909. The summed E-state index contributed by atoms with van der Waals surface area (Å²) in [6.07, 6.45) is 2.38. The van der Waals surface area contributed by atoms with Crippen molar-refractivity contribution in [3.8, 4) is 0 Å². The van der Waals surface area contributed by atoms with Crippen molar-refractivity contribution in [2.24, 2.45) is 0 Å². The maximum Gasteiger partial charge on any atom is 0.324 e. The van der Waals surface area contributed by atoms with Gasteiger partial charge in [0, 0.05) is 20.3 Å². The number of carbonyl (C=O) groups is 1. The number of carboxylic acid groups (broad SMARTS) is 1. The van der Waals surface area contributed by atoms with Gasteiger partial charge in [-0.3, -0.25) is 9.69 Å². The average Bonchev–Trinajstić information content (AvgIpc) is 2.30. The van der Waals surface area contributed by atoms with Gasteiger partial charge in [-0.15, -0.1) is 0 Å². The third kappa shape index (κ3) is 3.12. The second kappa shape index (κ2) is 6.47. The minimum absolute atomic E-state index is 0.640. The lowest BCUT2D eigenvalue weighted by Gasteiger charge is -2.40. The van der Waals surface area contributed by atoms with Gasteiger partial charge in [0.2, 0.25) is 0 Å². The molecule has 94 valence electrons. The minimum atomic E-state index is -0.673. The average molecular weight is 247 g/mol. The molecule has 0 aliphatic carbocycles. The number of carboxylic acids is 1. The molecule has 1 rings (SSSR count). The Bertz CT molecular complexity index is 229. The van der Waals surface area contributed by atoms with E-state index in [-0.39, 0.29) is 0 Å². The largest absolute Gasteiger partial charge is 0.480 e. The Balaban J connectivity index is 2.57. The van der Waals surface area contributed by atoms with Gasteiger partial charge in [0.1, 0.15) is 5.54 Å². The van der Waals surface area contributed by atoms with Crippen LogP contribution in [0.4, 0.5) is 0 Å². The van der Waals surface area contributed by atoms with Gasteiger partial charge in [-0.2, -0.15) is 11.8 Å². The van der Waals surface area contributed by atoms with Gasteiger partial charge in [-0.05, 0) is 37.8 Å². The van der Waals surface area contributed by atoms with E-state index in [4.69, 9.17) is 4.74 Å². The molecule has 0 bridgehead atoms. The van der Waals surface area contributed by atoms with Crippen LogP contribution in [0.25, 0.3) is 0 Å². The van der Waals surface area contributed by atoms with E-state index in [1.54, 1.807) is 7.11 Å². The Labute approximate surface area is 101 Å². The third-order valence-corrected chi connectivity index (χ3v) is 4.28. The Morgan fingerprint density at radius 1 is 1.50 bits per heavy atom. The molecule has 0 saturated carbocycles. The number of likely N-dealkylation sites (N-methyl/N-ethyl adjacent to an activating group) is 1. The van der Waals surface area contributed by atoms with Crippen molar-refractivity contribution < 1.29 is 14.6 Å². The predicted molar refractivity (Wildman–Crippen MR) is 66.0 cm³/mol. The highest BCUT2D eigenvalue weighted by Gasteiger charge is 2.43. The lowest BCUT2D eigenvalue weighted by atomic mass is 9.90. The van der Waals surface area contributed by atoms with Crippen LogP contribution >= 0.6 is 11.8 Å². The number of methoxy groups -OCH3 is 1. The highest BCUT2D eigenvalue weighted by molar-refractivity contribution is 7.99. The minimum Gasteiger partial charge on any atom is -0.480 e. The number of ether oxygens (including phenoxy) is 1. The fourth-order valence-corrected chi connectivity index (χ4v) is 3.30. The first-order chi connectivity index (χ1) is 7.63. The first kappa shape index (κ1) is 13.8. The van der Waals surface area contributed by atoms with E-state index in [0.717, 1.165) is 37.3 Å². The fourth-order valence-electron chi connectivity index (χ4n) is 2.13. The van der Waals surface area contributed by atoms with Crippen molar-refractivity contribution in [3.05, 3.63) is 0 Å². The Morgan fingerprint density at radius 3 is 2.62 bits per heavy atom. The lowest BCUT2D eigenvalue weighted by Crippen LogP contribution is -2.55. The zero-order chi connectivity index (χ0) is 12.0. The third-order valence-electron chi connectivity index (χ3n) is 3.29. The van der Waals surface area contributed by atoms with E-state index in [9.17, 15) is 9.90 Å². The molecule has 0 aromatic rings. The molecule has 0 radical (unpaired) electrons. The molecule has 16 heavy (non-hydrogen) atoms. The molecule has 1 N–H and O–H groups in total. The number of rotatable bonds is 6. The van der Waals surface area contributed by atoms with Crippen LogP contribution < -0.4 is 0 Å². The highest BCUT2D eigenvalue weighted by Crippen LogP contribution is 2.32. The molecule has 1 fully saturated rings. The summed E-state index contributed by atoms with van der Waals surface area (Å²) in [7, 11) is 3.59. The van der Waals surface area contributed by atoms with E-state index in [1.807, 2.05) is 23.7 Å². The second-order valence-corrected chi connectivity index (χ2v) is 5.44. The molecule has 0 spiro atoms. The van der Waals surface area contributed by atoms with Crippen LogP contribution in [0.3, 0.4) is 0 Å². The van der Waals surface area contributed by atoms with Crippen LogP contribution in [0.15, 0.2) is 0 Å². The van der Waals surface area contributed by atoms with Crippen molar-refractivity contribution in [2.75, 3.05) is 38.8 Å². The topological polar surface area (TPSA) is 49.8 Å². The van der Waals surface area contributed by atoms with Crippen molar-refractivity contribution in [3.63, 3.8) is 0 Å². The molecule has 1 aliphatic heterocycles. The molecular weight excluding hydrogens is 226 g/mol. The van der Waals surface area contributed by atoms with E-state index < -0.39 is 11.5 Å². The van der Waals surface area contributed by atoms with E-state index in [1.165, 1.54) is 0 Å². The molecule has 0 amide bonds. The second-order valence-electron chi connectivity index (χ2n) is 4.22. The summed E-state index contributed by atoms with van der Waals surface area (Å²) in [4.78, 5) is 13.5. The Morgan fingerprint density at radius 2 is 2.12 bits per heavy atom. The van der Waals surface area contributed by atoms with Crippen molar-refractivity contribution in [1.82, 2.24) is 4.90 Å². The monoisotopic (exact) mass is 247 g/mol. The van der Waals surface area contributed by atoms with Crippen LogP contribution in [-0.4, -0.2) is 60.3 Å². The molecule has 0 aromatic carbocycles. The van der Waals surface area contributed by atoms with Gasteiger partial charge in [0.15, 0.2) is 0 Å². The molecule has 1 aliphatic rings. The summed E-state index contributed by atoms with van der Waals surface area (Å²) < 4.78 is 4.99. The molecule has 1 saturated heterocycles. The van der Waals surface area contributed by atoms with Crippen molar-refractivity contribution >= 4 is 17.7 Å². The van der Waals surface area contributed by atoms with Gasteiger partial charge in [-0.1, -0.05) is 0 Å². The van der Waals surface area contributed by atoms with Crippen molar-refractivity contribution in [1.29, 1.82) is 0 Å². The molecule has 5 heteroatoms. The number of aliphatic carboxylic acids is 1. The zero-order valence-corrected chi connectivity index (χ0v) is 10.9. The molecule has 4 nitrogen and oxygen atoms in total. The number of nitrogens with zero attached hydrogens (tertiary/aromatic N) is 1. The van der Waals surface area contributed by atoms with Gasteiger partial charge in [0.05, 0.1) is 0 Å². The van der Waals surface area contributed by atoms with E-state index in [0.29, 0.717) is 6.61 Å². The normalized spacial score (nSPS) is 19.9. The Kier molecular flexibility index (Phi) is 5.58. The number of hydrogen-bond donors (Lipinski definition) is 1. The van der Waals surface area contributed by atoms with Gasteiger partial charge >= 0.3 is 5.97 Å². The summed E-state index contributed by atoms with van der Waals surface area (Å²) in [6, 6.07) is 0. The van der Waals surface area contributed by atoms with Gasteiger partial charge < -0.3 is 9.84 Å². The van der Waals surface area contributed by atoms with Crippen molar-refractivity contribution in [2.45, 2.75) is 24.8 Å². The molecule has 0 aromatic heterocycles. The maximum absolute atomic E-state index is 11.5. The Hall–Kier alpha value is -0.260. The molecular formula is C11H21NO3S. The summed E-state index contributed by atoms with van der Waals surface area (Å²) >= 11 is 1.85. The standard InChI is InChI=1S/C11H21NO3S/c1-12(6-3-7-15-2)11(10(13)14)4-8-16-9-5-11/h3-9H2,1-2H3,(H,13,14). The summed E-state index contributed by atoms with van der Waals surface area (Å²) in [5.74, 6) is 1.22. The summed E-state index contributed by atoms with van der Waals surface area (Å²) in [6.45, 7) is 1.47. The number of thioether (sulfide) groups is 1. The zero-order valence-electron chi connectivity index (χ0n) is 10.1. The SMILES string of the molecule is COCCCN(C)C1(C(=O)O)CCSCC1. The quantitative estimate of drug-likeness (QED) is 0.717. The smallest absolute Gasteiger partial charge is 0.324 e. The molecule has 1 heterocycles. The van der Waals surface area contributed by atoms with Crippen LogP contribution in [0, 0.1) is 0 Å².